The molecule has 0 bridgehead atoms. The van der Waals surface area contributed by atoms with E-state index in [1.165, 1.54) is 16.7 Å². The molecular formula is C10H8N2O3. The molecule has 0 spiro atoms. The van der Waals surface area contributed by atoms with Crippen molar-refractivity contribution in [3.63, 3.8) is 0 Å². The Morgan fingerprint density at radius 1 is 1.33 bits per heavy atom. The van der Waals surface area contributed by atoms with Crippen LogP contribution in [0.1, 0.15) is 10.4 Å². The van der Waals surface area contributed by atoms with E-state index in [1.54, 1.807) is 18.2 Å². The fraction of sp³-hybridized carbons (Fsp3) is 0. The van der Waals surface area contributed by atoms with Crippen molar-refractivity contribution >= 4 is 17.2 Å². The van der Waals surface area contributed by atoms with Crippen LogP contribution in [0.2, 0.25) is 0 Å². The zero-order valence-electron chi connectivity index (χ0n) is 7.68. The zero-order valence-corrected chi connectivity index (χ0v) is 7.68. The second-order valence-electron chi connectivity index (χ2n) is 3.11. The van der Waals surface area contributed by atoms with Gasteiger partial charge in [-0.05, 0) is 24.3 Å². The Labute approximate surface area is 84.4 Å². The van der Waals surface area contributed by atoms with Gasteiger partial charge in [0.25, 0.3) is 5.56 Å². The first-order valence-electron chi connectivity index (χ1n) is 4.24. The van der Waals surface area contributed by atoms with E-state index in [0.717, 1.165) is 0 Å². The number of pyridine rings is 2. The molecule has 0 radical (unpaired) electrons. The molecule has 0 aliphatic heterocycles. The van der Waals surface area contributed by atoms with Crippen LogP contribution in [0, 0.1) is 0 Å². The van der Waals surface area contributed by atoms with Crippen LogP contribution in [0.3, 0.4) is 0 Å². The molecule has 0 saturated carbocycles. The summed E-state index contributed by atoms with van der Waals surface area (Å²) in [4.78, 5) is 22.3. The lowest BCUT2D eigenvalue weighted by molar-refractivity contribution is 0.0695. The second kappa shape index (κ2) is 3.13. The van der Waals surface area contributed by atoms with Crippen LogP contribution in [0.5, 0.6) is 0 Å². The highest BCUT2D eigenvalue weighted by atomic mass is 16.4. The first kappa shape index (κ1) is 9.26. The molecule has 2 aromatic heterocycles. The molecule has 0 saturated heterocycles. The Kier molecular flexibility index (Phi) is 1.93. The number of nitrogens with two attached hydrogens (primary N) is 1. The molecule has 2 aromatic rings. The lowest BCUT2D eigenvalue weighted by Crippen LogP contribution is -2.21. The molecule has 5 heteroatoms. The maximum Gasteiger partial charge on any atom is 0.341 e. The number of nitrogens with zero attached hydrogens (tertiary/aromatic N) is 1. The van der Waals surface area contributed by atoms with Crippen molar-refractivity contribution in [1.82, 2.24) is 4.40 Å². The minimum atomic E-state index is -1.23. The highest BCUT2D eigenvalue weighted by molar-refractivity contribution is 5.87. The number of carboxylic acids is 1. The lowest BCUT2D eigenvalue weighted by atomic mass is 10.2. The highest BCUT2D eigenvalue weighted by Gasteiger charge is 2.09. The Morgan fingerprint density at radius 2 is 2.07 bits per heavy atom. The molecule has 0 atom stereocenters. The fourth-order valence-electron chi connectivity index (χ4n) is 1.38. The smallest absolute Gasteiger partial charge is 0.341 e. The molecule has 0 fully saturated rings. The SMILES string of the molecule is Nc1ccn2c(=O)c(C(=O)O)ccc2c1. The van der Waals surface area contributed by atoms with Gasteiger partial charge in [0.05, 0.1) is 5.52 Å². The first-order valence-corrected chi connectivity index (χ1v) is 4.24. The number of anilines is 1. The molecule has 2 heterocycles. The highest BCUT2D eigenvalue weighted by Crippen LogP contribution is 2.07. The molecule has 5 nitrogen and oxygen atoms in total. The fourth-order valence-corrected chi connectivity index (χ4v) is 1.38. The van der Waals surface area contributed by atoms with Crippen LogP contribution in [0.4, 0.5) is 5.69 Å². The van der Waals surface area contributed by atoms with Crippen molar-refractivity contribution in [2.75, 3.05) is 5.73 Å². The largest absolute Gasteiger partial charge is 0.477 e. The van der Waals surface area contributed by atoms with E-state index in [1.807, 2.05) is 0 Å². The van der Waals surface area contributed by atoms with Gasteiger partial charge in [-0.2, -0.15) is 0 Å². The number of hydrogen-bond donors (Lipinski definition) is 2. The molecule has 0 aliphatic carbocycles. The summed E-state index contributed by atoms with van der Waals surface area (Å²) >= 11 is 0. The summed E-state index contributed by atoms with van der Waals surface area (Å²) in [6.45, 7) is 0. The van der Waals surface area contributed by atoms with E-state index in [2.05, 4.69) is 0 Å². The van der Waals surface area contributed by atoms with E-state index >= 15 is 0 Å². The van der Waals surface area contributed by atoms with Crippen LogP contribution in [0.25, 0.3) is 5.52 Å². The normalized spacial score (nSPS) is 10.4. The zero-order chi connectivity index (χ0) is 11.0. The number of nitrogen functional groups attached to an aromatic ring is 1. The second-order valence-corrected chi connectivity index (χ2v) is 3.11. The van der Waals surface area contributed by atoms with E-state index < -0.39 is 11.5 Å². The molecule has 76 valence electrons. The van der Waals surface area contributed by atoms with Gasteiger partial charge >= 0.3 is 5.97 Å². The average Bonchev–Trinajstić information content (AvgIpc) is 2.17. The van der Waals surface area contributed by atoms with Crippen molar-refractivity contribution in [2.45, 2.75) is 0 Å². The Balaban J connectivity index is 2.86. The minimum Gasteiger partial charge on any atom is -0.477 e. The average molecular weight is 204 g/mol. The van der Waals surface area contributed by atoms with E-state index in [0.29, 0.717) is 11.2 Å². The van der Waals surface area contributed by atoms with Gasteiger partial charge in [0.2, 0.25) is 0 Å². The lowest BCUT2D eigenvalue weighted by Gasteiger charge is -2.02. The van der Waals surface area contributed by atoms with Gasteiger partial charge < -0.3 is 10.8 Å². The van der Waals surface area contributed by atoms with Gasteiger partial charge in [0.1, 0.15) is 5.56 Å². The molecule has 15 heavy (non-hydrogen) atoms. The van der Waals surface area contributed by atoms with Crippen LogP contribution in [0.15, 0.2) is 35.3 Å². The maximum atomic E-state index is 11.6. The van der Waals surface area contributed by atoms with E-state index in [-0.39, 0.29) is 5.56 Å². The van der Waals surface area contributed by atoms with Crippen molar-refractivity contribution in [1.29, 1.82) is 0 Å². The van der Waals surface area contributed by atoms with Gasteiger partial charge in [-0.25, -0.2) is 4.79 Å². The quantitative estimate of drug-likeness (QED) is 0.711. The van der Waals surface area contributed by atoms with Crippen LogP contribution in [-0.2, 0) is 0 Å². The summed E-state index contributed by atoms with van der Waals surface area (Å²) in [7, 11) is 0. The number of hydrogen-bond acceptors (Lipinski definition) is 3. The van der Waals surface area contributed by atoms with Crippen molar-refractivity contribution in [3.05, 3.63) is 46.4 Å². The third-order valence-electron chi connectivity index (χ3n) is 2.11. The minimum absolute atomic E-state index is 0.253. The summed E-state index contributed by atoms with van der Waals surface area (Å²) in [6, 6.07) is 5.97. The maximum absolute atomic E-state index is 11.6. The first-order chi connectivity index (χ1) is 7.09. The van der Waals surface area contributed by atoms with Crippen LogP contribution < -0.4 is 11.3 Å². The Morgan fingerprint density at radius 3 is 2.73 bits per heavy atom. The number of carboxylic acid groups (broad SMARTS) is 1. The number of carbonyl (C=O) groups is 1. The van der Waals surface area contributed by atoms with Gasteiger partial charge in [-0.1, -0.05) is 0 Å². The predicted molar refractivity (Wildman–Crippen MR) is 55.0 cm³/mol. The summed E-state index contributed by atoms with van der Waals surface area (Å²) < 4.78 is 1.25. The Bertz CT molecular complexity index is 601. The number of rotatable bonds is 1. The third kappa shape index (κ3) is 1.43. The summed E-state index contributed by atoms with van der Waals surface area (Å²) in [6.07, 6.45) is 1.46. The predicted octanol–water partition coefficient (Wildman–Crippen LogP) is 0.580. The molecule has 0 amide bonds. The molecule has 3 N–H and O–H groups in total. The van der Waals surface area contributed by atoms with Gasteiger partial charge in [-0.15, -0.1) is 0 Å². The van der Waals surface area contributed by atoms with Crippen molar-refractivity contribution < 1.29 is 9.90 Å². The molecular weight excluding hydrogens is 196 g/mol. The van der Waals surface area contributed by atoms with E-state index in [4.69, 9.17) is 10.8 Å². The third-order valence-corrected chi connectivity index (χ3v) is 2.11. The standard InChI is InChI=1S/C10H8N2O3/c11-6-3-4-12-7(5-6)1-2-8(9(12)13)10(14)15/h1-5H,11H2,(H,14,15). The van der Waals surface area contributed by atoms with Crippen LogP contribution in [-0.4, -0.2) is 15.5 Å². The Hall–Kier alpha value is -2.30. The summed E-state index contributed by atoms with van der Waals surface area (Å²) in [5.41, 5.74) is 5.83. The summed E-state index contributed by atoms with van der Waals surface area (Å²) in [5, 5.41) is 8.74. The van der Waals surface area contributed by atoms with Crippen molar-refractivity contribution in [3.8, 4) is 0 Å². The summed E-state index contributed by atoms with van der Waals surface area (Å²) in [5.74, 6) is -1.23. The molecule has 0 aliphatic rings. The van der Waals surface area contributed by atoms with Gasteiger partial charge in [0, 0.05) is 11.9 Å². The van der Waals surface area contributed by atoms with Gasteiger partial charge in [-0.3, -0.25) is 9.20 Å². The van der Waals surface area contributed by atoms with E-state index in [9.17, 15) is 9.59 Å². The topological polar surface area (TPSA) is 84.8 Å². The molecule has 2 rings (SSSR count). The van der Waals surface area contributed by atoms with Gasteiger partial charge in [0.15, 0.2) is 0 Å². The number of fused-ring (bicyclic) bond motifs is 1. The monoisotopic (exact) mass is 204 g/mol. The number of aromatic carboxylic acids is 1. The molecule has 0 aromatic carbocycles. The number of aromatic nitrogens is 1. The van der Waals surface area contributed by atoms with Crippen molar-refractivity contribution in [2.24, 2.45) is 0 Å². The van der Waals surface area contributed by atoms with Crippen LogP contribution >= 0.6 is 0 Å². The molecule has 0 unspecified atom stereocenters.